The molecule has 25 heavy (non-hydrogen) atoms. The van der Waals surface area contributed by atoms with Crippen LogP contribution in [0.15, 0.2) is 40.4 Å². The molecule has 0 radical (unpaired) electrons. The molecule has 2 aromatic rings. The fourth-order valence-electron chi connectivity index (χ4n) is 2.74. The molecule has 0 aromatic heterocycles. The topological polar surface area (TPSA) is 20.3 Å². The first kappa shape index (κ1) is 18.4. The van der Waals surface area contributed by atoms with Crippen molar-refractivity contribution in [3.63, 3.8) is 0 Å². The van der Waals surface area contributed by atoms with Crippen LogP contribution in [0.5, 0.6) is 0 Å². The van der Waals surface area contributed by atoms with Crippen molar-refractivity contribution in [2.45, 2.75) is 12.8 Å². The number of hydrogen-bond acceptors (Lipinski definition) is 1. The van der Waals surface area contributed by atoms with Gasteiger partial charge in [0.15, 0.2) is 0 Å². The van der Waals surface area contributed by atoms with Crippen molar-refractivity contribution in [3.8, 4) is 0 Å². The number of amides is 1. The number of piperidine rings is 1. The van der Waals surface area contributed by atoms with E-state index in [1.54, 1.807) is 12.1 Å². The van der Waals surface area contributed by atoms with E-state index in [9.17, 15) is 13.6 Å². The zero-order chi connectivity index (χ0) is 18.1. The highest BCUT2D eigenvalue weighted by atomic mass is 79.9. The highest BCUT2D eigenvalue weighted by molar-refractivity contribution is 9.10. The van der Waals surface area contributed by atoms with Crippen molar-refractivity contribution in [1.82, 2.24) is 0 Å². The van der Waals surface area contributed by atoms with Crippen molar-refractivity contribution in [2.24, 2.45) is 0 Å². The average Bonchev–Trinajstić information content (AvgIpc) is 2.53. The van der Waals surface area contributed by atoms with E-state index in [-0.39, 0.29) is 24.4 Å². The van der Waals surface area contributed by atoms with Crippen molar-refractivity contribution in [2.75, 3.05) is 11.4 Å². The number of benzene rings is 2. The third-order valence-corrected chi connectivity index (χ3v) is 4.96. The Kier molecular flexibility index (Phi) is 5.46. The maximum absolute atomic E-state index is 13.9. The van der Waals surface area contributed by atoms with Gasteiger partial charge in [0, 0.05) is 23.0 Å². The van der Waals surface area contributed by atoms with Gasteiger partial charge in [0.25, 0.3) is 0 Å². The quantitative estimate of drug-likeness (QED) is 0.534. The van der Waals surface area contributed by atoms with E-state index >= 15 is 0 Å². The largest absolute Gasteiger partial charge is 0.305 e. The van der Waals surface area contributed by atoms with Crippen LogP contribution < -0.4 is 4.90 Å². The number of anilines is 1. The van der Waals surface area contributed by atoms with Crippen LogP contribution in [-0.2, 0) is 4.79 Å². The van der Waals surface area contributed by atoms with Crippen LogP contribution in [-0.4, -0.2) is 12.5 Å². The van der Waals surface area contributed by atoms with Gasteiger partial charge in [-0.3, -0.25) is 4.79 Å². The van der Waals surface area contributed by atoms with Crippen molar-refractivity contribution < 1.29 is 13.6 Å². The van der Waals surface area contributed by atoms with E-state index in [4.69, 9.17) is 23.2 Å². The molecule has 1 amide bonds. The maximum atomic E-state index is 13.9. The van der Waals surface area contributed by atoms with Crippen LogP contribution in [0, 0.1) is 11.6 Å². The lowest BCUT2D eigenvalue weighted by atomic mass is 10.00. The van der Waals surface area contributed by atoms with Crippen LogP contribution in [0.25, 0.3) is 6.08 Å². The second kappa shape index (κ2) is 7.44. The van der Waals surface area contributed by atoms with Crippen LogP contribution in [0.4, 0.5) is 14.5 Å². The Bertz CT molecular complexity index is 842. The molecular formula is C18H12BrCl2F2NO. The molecule has 0 spiro atoms. The van der Waals surface area contributed by atoms with Gasteiger partial charge in [-0.05, 0) is 42.3 Å². The Labute approximate surface area is 162 Å². The zero-order valence-corrected chi connectivity index (χ0v) is 15.9. The molecule has 1 aliphatic rings. The second-order valence-electron chi connectivity index (χ2n) is 5.64. The van der Waals surface area contributed by atoms with Gasteiger partial charge in [-0.1, -0.05) is 45.2 Å². The standard InChI is InChI=1S/C18H12BrCl2F2NO/c19-11-7-13(20)18(14(21)8-11)24-9-10(4-5-17(24)25)6-12-15(22)2-1-3-16(12)23/h1-3,6-8H,4-5,9H2/b10-6-. The van der Waals surface area contributed by atoms with Gasteiger partial charge < -0.3 is 4.90 Å². The number of rotatable bonds is 2. The molecule has 0 atom stereocenters. The lowest BCUT2D eigenvalue weighted by Gasteiger charge is -2.30. The summed E-state index contributed by atoms with van der Waals surface area (Å²) in [6, 6.07) is 6.99. The molecule has 3 rings (SSSR count). The van der Waals surface area contributed by atoms with Gasteiger partial charge >= 0.3 is 0 Å². The molecule has 130 valence electrons. The Hall–Kier alpha value is -1.43. The van der Waals surface area contributed by atoms with Gasteiger partial charge in [0.1, 0.15) is 11.6 Å². The van der Waals surface area contributed by atoms with Gasteiger partial charge in [-0.15, -0.1) is 0 Å². The predicted molar refractivity (Wildman–Crippen MR) is 100 cm³/mol. The van der Waals surface area contributed by atoms with Crippen LogP contribution >= 0.6 is 39.1 Å². The molecule has 1 heterocycles. The second-order valence-corrected chi connectivity index (χ2v) is 7.37. The zero-order valence-electron chi connectivity index (χ0n) is 12.8. The number of nitrogens with zero attached hydrogens (tertiary/aromatic N) is 1. The lowest BCUT2D eigenvalue weighted by molar-refractivity contribution is -0.119. The Morgan fingerprint density at radius 2 is 1.68 bits per heavy atom. The van der Waals surface area contributed by atoms with Gasteiger partial charge in [0.05, 0.1) is 15.7 Å². The van der Waals surface area contributed by atoms with Crippen molar-refractivity contribution in [3.05, 3.63) is 67.6 Å². The molecule has 0 saturated carbocycles. The lowest BCUT2D eigenvalue weighted by Crippen LogP contribution is -2.37. The minimum atomic E-state index is -0.643. The molecule has 0 N–H and O–H groups in total. The summed E-state index contributed by atoms with van der Waals surface area (Å²) < 4.78 is 28.4. The molecule has 2 nitrogen and oxygen atoms in total. The van der Waals surface area contributed by atoms with E-state index < -0.39 is 11.6 Å². The van der Waals surface area contributed by atoms with Gasteiger partial charge in [0.2, 0.25) is 5.91 Å². The number of hydrogen-bond donors (Lipinski definition) is 0. The molecule has 1 aliphatic heterocycles. The molecule has 0 unspecified atom stereocenters. The fraction of sp³-hybridized carbons (Fsp3) is 0.167. The summed E-state index contributed by atoms with van der Waals surface area (Å²) in [6.45, 7) is 0.174. The third-order valence-electron chi connectivity index (χ3n) is 3.92. The summed E-state index contributed by atoms with van der Waals surface area (Å²) in [5.41, 5.74) is 1.01. The smallest absolute Gasteiger partial charge is 0.227 e. The van der Waals surface area contributed by atoms with E-state index in [0.29, 0.717) is 26.6 Å². The summed E-state index contributed by atoms with van der Waals surface area (Å²) in [5, 5.41) is 0.650. The minimum absolute atomic E-state index is 0.111. The summed E-state index contributed by atoms with van der Waals surface area (Å²) in [5.74, 6) is -1.43. The number of carbonyl (C=O) groups excluding carboxylic acids is 1. The Morgan fingerprint density at radius 3 is 2.28 bits per heavy atom. The SMILES string of the molecule is O=C1CC/C(=C/c2c(F)cccc2F)CN1c1c(Cl)cc(Br)cc1Cl. The van der Waals surface area contributed by atoms with Gasteiger partial charge in [-0.25, -0.2) is 8.78 Å². The molecule has 0 bridgehead atoms. The molecular weight excluding hydrogens is 435 g/mol. The first-order valence-electron chi connectivity index (χ1n) is 7.45. The van der Waals surface area contributed by atoms with Crippen LogP contribution in [0.2, 0.25) is 10.0 Å². The maximum Gasteiger partial charge on any atom is 0.227 e. The molecule has 1 fully saturated rings. The Balaban J connectivity index is 1.98. The molecule has 7 heteroatoms. The molecule has 0 aliphatic carbocycles. The van der Waals surface area contributed by atoms with E-state index in [0.717, 1.165) is 5.57 Å². The summed E-state index contributed by atoms with van der Waals surface area (Å²) in [4.78, 5) is 13.8. The average molecular weight is 447 g/mol. The first-order chi connectivity index (χ1) is 11.9. The van der Waals surface area contributed by atoms with E-state index in [2.05, 4.69) is 15.9 Å². The summed E-state index contributed by atoms with van der Waals surface area (Å²) >= 11 is 15.8. The monoisotopic (exact) mass is 445 g/mol. The van der Waals surface area contributed by atoms with Crippen LogP contribution in [0.1, 0.15) is 18.4 Å². The summed E-state index contributed by atoms with van der Waals surface area (Å²) in [7, 11) is 0. The van der Waals surface area contributed by atoms with Crippen molar-refractivity contribution >= 4 is 56.8 Å². The summed E-state index contributed by atoms with van der Waals surface area (Å²) in [6.07, 6.45) is 2.09. The third kappa shape index (κ3) is 3.89. The van der Waals surface area contributed by atoms with Crippen LogP contribution in [0.3, 0.4) is 0 Å². The van der Waals surface area contributed by atoms with E-state index in [1.165, 1.54) is 29.2 Å². The Morgan fingerprint density at radius 1 is 1.08 bits per heavy atom. The van der Waals surface area contributed by atoms with Gasteiger partial charge in [-0.2, -0.15) is 0 Å². The normalized spacial score (nSPS) is 16.6. The molecule has 2 aromatic carbocycles. The molecule has 1 saturated heterocycles. The number of halogens is 5. The number of carbonyl (C=O) groups is 1. The first-order valence-corrected chi connectivity index (χ1v) is 9.00. The van der Waals surface area contributed by atoms with E-state index in [1.807, 2.05) is 0 Å². The highest BCUT2D eigenvalue weighted by Gasteiger charge is 2.27. The van der Waals surface area contributed by atoms with Crippen molar-refractivity contribution in [1.29, 1.82) is 0 Å². The fourth-order valence-corrected chi connectivity index (χ4v) is 4.15. The predicted octanol–water partition coefficient (Wildman–Crippen LogP) is 6.24. The highest BCUT2D eigenvalue weighted by Crippen LogP contribution is 2.39. The minimum Gasteiger partial charge on any atom is -0.305 e.